The van der Waals surface area contributed by atoms with Gasteiger partial charge in [0.15, 0.2) is 0 Å². The Labute approximate surface area is 179 Å². The molecule has 3 aromatic carbocycles. The summed E-state index contributed by atoms with van der Waals surface area (Å²) in [5, 5.41) is 33.6. The number of benzene rings is 3. The van der Waals surface area contributed by atoms with Crippen molar-refractivity contribution >= 4 is 23.0 Å². The molecule has 0 atom stereocenters. The lowest BCUT2D eigenvalue weighted by molar-refractivity contribution is -0.121. The molecular formula is C24H21N3O4. The number of aliphatic imine (C=N–C) groups is 1. The van der Waals surface area contributed by atoms with Gasteiger partial charge in [0.25, 0.3) is 0 Å². The number of phenols is 3. The zero-order chi connectivity index (χ0) is 21.8. The molecule has 7 heteroatoms. The third-order valence-corrected chi connectivity index (χ3v) is 4.97. The molecule has 31 heavy (non-hydrogen) atoms. The number of rotatable bonds is 5. The third-order valence-electron chi connectivity index (χ3n) is 4.97. The minimum Gasteiger partial charge on any atom is -0.508 e. The summed E-state index contributed by atoms with van der Waals surface area (Å²) in [7, 11) is 0. The van der Waals surface area contributed by atoms with E-state index < -0.39 is 0 Å². The van der Waals surface area contributed by atoms with Crippen LogP contribution in [0.2, 0.25) is 0 Å². The van der Waals surface area contributed by atoms with Crippen molar-refractivity contribution < 1.29 is 20.1 Å². The van der Waals surface area contributed by atoms with Crippen molar-refractivity contribution in [2.24, 2.45) is 10.1 Å². The molecule has 0 radical (unpaired) electrons. The molecule has 1 aliphatic rings. The molecule has 3 aromatic rings. The quantitative estimate of drug-likeness (QED) is 0.475. The molecule has 0 aliphatic carbocycles. The lowest BCUT2D eigenvalue weighted by Gasteiger charge is -2.13. The molecule has 4 N–H and O–H groups in total. The summed E-state index contributed by atoms with van der Waals surface area (Å²) in [5.74, 6) is -0.0129. The molecule has 156 valence electrons. The SMILES string of the molecule is O=C1CCC(c2ccc(N=C(Cc3ccc(O)cc3)c3ccc(O)cc3O)cc2)=NN1. The molecule has 4 rings (SSSR count). The first-order chi connectivity index (χ1) is 15.0. The van der Waals surface area contributed by atoms with Crippen LogP contribution in [0.25, 0.3) is 0 Å². The monoisotopic (exact) mass is 415 g/mol. The number of phenolic OH excluding ortho intramolecular Hbond substituents is 3. The highest BCUT2D eigenvalue weighted by Gasteiger charge is 2.14. The fraction of sp³-hybridized carbons (Fsp3) is 0.125. The van der Waals surface area contributed by atoms with Crippen molar-refractivity contribution in [1.29, 1.82) is 0 Å². The van der Waals surface area contributed by atoms with Crippen molar-refractivity contribution in [3.8, 4) is 17.2 Å². The van der Waals surface area contributed by atoms with Crippen LogP contribution in [0, 0.1) is 0 Å². The van der Waals surface area contributed by atoms with E-state index in [-0.39, 0.29) is 23.2 Å². The van der Waals surface area contributed by atoms with Crippen molar-refractivity contribution in [2.75, 3.05) is 0 Å². The topological polar surface area (TPSA) is 115 Å². The van der Waals surface area contributed by atoms with Crippen LogP contribution < -0.4 is 5.43 Å². The summed E-state index contributed by atoms with van der Waals surface area (Å²) in [6.45, 7) is 0. The maximum absolute atomic E-state index is 11.3. The molecular weight excluding hydrogens is 394 g/mol. The Hall–Kier alpha value is -4.13. The van der Waals surface area contributed by atoms with Gasteiger partial charge < -0.3 is 15.3 Å². The Morgan fingerprint density at radius 1 is 0.903 bits per heavy atom. The van der Waals surface area contributed by atoms with Gasteiger partial charge in [-0.3, -0.25) is 9.79 Å². The largest absolute Gasteiger partial charge is 0.508 e. The van der Waals surface area contributed by atoms with Crippen LogP contribution in [-0.2, 0) is 11.2 Å². The van der Waals surface area contributed by atoms with Gasteiger partial charge in [0, 0.05) is 30.9 Å². The first-order valence-electron chi connectivity index (χ1n) is 9.81. The maximum atomic E-state index is 11.3. The molecule has 0 saturated carbocycles. The molecule has 1 amide bonds. The zero-order valence-electron chi connectivity index (χ0n) is 16.6. The number of hydrazone groups is 1. The predicted molar refractivity (Wildman–Crippen MR) is 118 cm³/mol. The molecule has 0 fully saturated rings. The molecule has 0 aromatic heterocycles. The lowest BCUT2D eigenvalue weighted by Crippen LogP contribution is -2.25. The van der Waals surface area contributed by atoms with Gasteiger partial charge in [-0.2, -0.15) is 5.10 Å². The zero-order valence-corrected chi connectivity index (χ0v) is 16.6. The second kappa shape index (κ2) is 8.71. The fourth-order valence-corrected chi connectivity index (χ4v) is 3.33. The van der Waals surface area contributed by atoms with Crippen LogP contribution in [0.15, 0.2) is 76.8 Å². The highest BCUT2D eigenvalue weighted by atomic mass is 16.3. The van der Waals surface area contributed by atoms with Gasteiger partial charge in [-0.25, -0.2) is 5.43 Å². The smallest absolute Gasteiger partial charge is 0.240 e. The van der Waals surface area contributed by atoms with Gasteiger partial charge in [-0.1, -0.05) is 24.3 Å². The molecule has 0 bridgehead atoms. The average molecular weight is 415 g/mol. The van der Waals surface area contributed by atoms with E-state index in [1.807, 2.05) is 24.3 Å². The number of nitrogens with one attached hydrogen (secondary N) is 1. The Morgan fingerprint density at radius 3 is 2.26 bits per heavy atom. The normalized spacial score (nSPS) is 14.1. The van der Waals surface area contributed by atoms with Gasteiger partial charge in [-0.15, -0.1) is 0 Å². The number of aromatic hydroxyl groups is 3. The first kappa shape index (κ1) is 20.2. The van der Waals surface area contributed by atoms with Crippen molar-refractivity contribution in [2.45, 2.75) is 19.3 Å². The van der Waals surface area contributed by atoms with Gasteiger partial charge in [-0.05, 0) is 47.5 Å². The van der Waals surface area contributed by atoms with E-state index in [9.17, 15) is 20.1 Å². The minimum absolute atomic E-state index is 0.0325. The molecule has 1 aliphatic heterocycles. The van der Waals surface area contributed by atoms with E-state index in [0.29, 0.717) is 36.2 Å². The van der Waals surface area contributed by atoms with Crippen LogP contribution in [0.5, 0.6) is 17.2 Å². The van der Waals surface area contributed by atoms with Crippen LogP contribution in [0.1, 0.15) is 29.5 Å². The number of nitrogens with zero attached hydrogens (tertiary/aromatic N) is 2. The second-order valence-corrected chi connectivity index (χ2v) is 7.24. The first-order valence-corrected chi connectivity index (χ1v) is 9.81. The van der Waals surface area contributed by atoms with Crippen LogP contribution in [0.3, 0.4) is 0 Å². The van der Waals surface area contributed by atoms with Gasteiger partial charge in [0.1, 0.15) is 17.2 Å². The summed E-state index contributed by atoms with van der Waals surface area (Å²) >= 11 is 0. The summed E-state index contributed by atoms with van der Waals surface area (Å²) in [6, 6.07) is 18.7. The molecule has 1 heterocycles. The fourth-order valence-electron chi connectivity index (χ4n) is 3.33. The number of carbonyl (C=O) groups is 1. The van der Waals surface area contributed by atoms with Crippen LogP contribution >= 0.6 is 0 Å². The average Bonchev–Trinajstić information content (AvgIpc) is 2.76. The van der Waals surface area contributed by atoms with Gasteiger partial charge >= 0.3 is 0 Å². The third kappa shape index (κ3) is 4.90. The van der Waals surface area contributed by atoms with Gasteiger partial charge in [0.05, 0.1) is 17.1 Å². The molecule has 0 unspecified atom stereocenters. The molecule has 7 nitrogen and oxygen atoms in total. The summed E-state index contributed by atoms with van der Waals surface area (Å²) in [6.07, 6.45) is 1.41. The number of carbonyl (C=O) groups excluding carboxylic acids is 1. The van der Waals surface area contributed by atoms with E-state index >= 15 is 0 Å². The minimum atomic E-state index is -0.0856. The predicted octanol–water partition coefficient (Wildman–Crippen LogP) is 3.78. The Morgan fingerprint density at radius 2 is 1.61 bits per heavy atom. The van der Waals surface area contributed by atoms with E-state index in [1.165, 1.54) is 12.1 Å². The second-order valence-electron chi connectivity index (χ2n) is 7.24. The lowest BCUT2D eigenvalue weighted by atomic mass is 10.0. The Kier molecular flexibility index (Phi) is 5.66. The van der Waals surface area contributed by atoms with Crippen molar-refractivity contribution in [3.05, 3.63) is 83.4 Å². The van der Waals surface area contributed by atoms with E-state index in [2.05, 4.69) is 10.5 Å². The Bertz CT molecular complexity index is 1170. The van der Waals surface area contributed by atoms with Crippen molar-refractivity contribution in [3.63, 3.8) is 0 Å². The number of hydrogen-bond donors (Lipinski definition) is 4. The number of amides is 1. The maximum Gasteiger partial charge on any atom is 0.240 e. The number of hydrogen-bond acceptors (Lipinski definition) is 6. The highest BCUT2D eigenvalue weighted by Crippen LogP contribution is 2.27. The summed E-state index contributed by atoms with van der Waals surface area (Å²) in [4.78, 5) is 16.0. The van der Waals surface area contributed by atoms with Gasteiger partial charge in [0.2, 0.25) is 5.91 Å². The Balaban J connectivity index is 1.67. The molecule has 0 saturated heterocycles. The van der Waals surface area contributed by atoms with Crippen LogP contribution in [0.4, 0.5) is 5.69 Å². The van der Waals surface area contributed by atoms with E-state index in [4.69, 9.17) is 4.99 Å². The summed E-state index contributed by atoms with van der Waals surface area (Å²) < 4.78 is 0. The van der Waals surface area contributed by atoms with E-state index in [0.717, 1.165) is 16.8 Å². The standard InChI is InChI=1S/C24H21N3O4/c28-18-7-1-15(2-8-18)13-22(20-10-9-19(29)14-23(20)30)25-17-5-3-16(4-6-17)21-11-12-24(31)27-26-21/h1-10,14,28-30H,11-13H2,(H,27,31). The molecule has 0 spiro atoms. The summed E-state index contributed by atoms with van der Waals surface area (Å²) in [5.41, 5.74) is 6.93. The highest BCUT2D eigenvalue weighted by molar-refractivity contribution is 6.06. The van der Waals surface area contributed by atoms with Crippen LogP contribution in [-0.4, -0.2) is 32.7 Å². The van der Waals surface area contributed by atoms with E-state index in [1.54, 1.807) is 30.3 Å². The van der Waals surface area contributed by atoms with Crippen molar-refractivity contribution in [1.82, 2.24) is 5.43 Å².